The SMILES string of the molecule is CC.CC.CC.CC.CC.Cc1cc(N)c(Br)cn1.Cc1cc([N+](=O)[O-])c(Br)c[n+]1[O-].Cc1ccc(Br)c[n+]1[O-].Cc1ccc(Br)cn1.Nc1ccncc1Br.O=C(Nc1ccncc1-c1ccccc1)c1cnn2cccnc12.O=C(Nc1ccncc1Br)c1cnn2cccnc12.O=C(O)c1cnn2cccnc12.OB(O)c1ccccc1. The number of aryl methyl sites for hydroxylation is 4. The van der Waals surface area contributed by atoms with Crippen LogP contribution < -0.4 is 37.0 Å². The van der Waals surface area contributed by atoms with E-state index in [1.165, 1.54) is 48.5 Å². The highest BCUT2D eigenvalue weighted by Gasteiger charge is 2.19. The molecule has 0 atom stereocenters. The lowest BCUT2D eigenvalue weighted by Crippen LogP contribution is -2.29. The molecule has 0 radical (unpaired) electrons. The molecule has 13 aromatic heterocycles. The molecule has 0 bridgehead atoms. The third-order valence-electron chi connectivity index (χ3n) is 14.0. The van der Waals surface area contributed by atoms with E-state index in [0.717, 1.165) is 62.7 Å². The van der Waals surface area contributed by atoms with Crippen molar-refractivity contribution in [3.8, 4) is 11.1 Å². The molecule has 0 spiro atoms. The standard InChI is InChI=1S/C18H13N5O.C12H8BrN5O.C7H5N3O2.C6H7BO2.C6H5BrN2O3.C6H7BrN2.C6H6BrNO.C6H6BrN.C5H5BrN2.5C2H6/c24-18(15-12-21-23-10-4-8-20-17(15)23)22-16-7-9-19-11-14(16)13-5-2-1-3-6-13;13-9-7-14-4-2-10(9)17-12(19)8-6-16-18-5-1-3-15-11(8)18;11-7(12)5-4-9-10-3-1-2-8-6(5)10;8-7(9)6-4-2-1-3-5-6;1-4-2-6(9(11)12)5(7)3-8(4)10;1-4-2-6(8)5(7)3-9-4;1-5-2-3-6(7)4-8(5)9;1-5-2-3-6(7)4-8-5;6-4-3-8-2-1-5(4)7;5*1-2/h1-12H,(H,19,22,24);1-7H,(H,14,17,19);1-4H,(H,11,12);1-5,8-9H;2-3H,1H3;2-3H,1H3,(H2,8,9);2-4H,1H3;2-4H,1H3;1-3H,(H2,7,8);5*1-2H3. The first-order chi connectivity index (χ1) is 57.7. The number of benzene rings is 2. The summed E-state index contributed by atoms with van der Waals surface area (Å²) in [5.74, 6) is -1.53. The third-order valence-corrected chi connectivity index (χ3v) is 17.5. The van der Waals surface area contributed by atoms with Gasteiger partial charge in [-0.1, -0.05) is 130 Å². The molecule has 9 N–H and O–H groups in total. The molecular weight excluding hydrogens is 1930 g/mol. The maximum atomic E-state index is 12.6. The number of aromatic nitrogens is 16. The molecule has 2 aromatic carbocycles. The zero-order chi connectivity index (χ0) is 89.8. The molecule has 15 aromatic rings. The smallest absolute Gasteiger partial charge is 0.488 e. The van der Waals surface area contributed by atoms with Crippen LogP contribution >= 0.6 is 95.6 Å². The molecule has 0 aliphatic heterocycles. The fourth-order valence-corrected chi connectivity index (χ4v) is 10.3. The van der Waals surface area contributed by atoms with Gasteiger partial charge in [-0.05, 0) is 181 Å². The Hall–Kier alpha value is -11.8. The maximum absolute atomic E-state index is 12.6. The van der Waals surface area contributed by atoms with Crippen LogP contribution in [0.5, 0.6) is 0 Å². The molecule has 0 saturated carbocycles. The Morgan fingerprint density at radius 3 is 1.31 bits per heavy atom. The number of halogens is 6. The van der Waals surface area contributed by atoms with Crippen LogP contribution in [0, 0.1) is 48.2 Å². The first kappa shape index (κ1) is 104. The summed E-state index contributed by atoms with van der Waals surface area (Å²) >= 11 is 19.2. The van der Waals surface area contributed by atoms with E-state index in [1.54, 1.807) is 163 Å². The van der Waals surface area contributed by atoms with Gasteiger partial charge in [0.1, 0.15) is 16.7 Å². The van der Waals surface area contributed by atoms with Gasteiger partial charge in [-0.2, -0.15) is 24.8 Å². The summed E-state index contributed by atoms with van der Waals surface area (Å²) in [6.07, 6.45) is 30.2. The van der Waals surface area contributed by atoms with Gasteiger partial charge in [-0.3, -0.25) is 44.6 Å². The lowest BCUT2D eigenvalue weighted by Gasteiger charge is -2.10. The highest BCUT2D eigenvalue weighted by atomic mass is 79.9. The first-order valence-corrected chi connectivity index (χ1v) is 41.4. The second-order valence-electron chi connectivity index (χ2n) is 21.9. The van der Waals surface area contributed by atoms with Gasteiger partial charge in [-0.15, -0.1) is 0 Å². The summed E-state index contributed by atoms with van der Waals surface area (Å²) in [6, 6.07) is 39.5. The van der Waals surface area contributed by atoms with Crippen LogP contribution in [0.3, 0.4) is 0 Å². The van der Waals surface area contributed by atoms with Crippen molar-refractivity contribution in [3.63, 3.8) is 0 Å². The zero-order valence-corrected chi connectivity index (χ0v) is 77.5. The number of nitro groups is 1. The monoisotopic (exact) mass is 2020 g/mol. The fourth-order valence-electron chi connectivity index (χ4n) is 8.46. The molecule has 15 rings (SSSR count). The molecular formula is C82H92BBr6N21O10. The number of nitrogens with zero attached hydrogens (tertiary/aromatic N) is 17. The number of amides is 2. The Morgan fingerprint density at radius 1 is 0.450 bits per heavy atom. The van der Waals surface area contributed by atoms with Crippen LogP contribution in [-0.2, 0) is 0 Å². The minimum atomic E-state index is -1.34. The van der Waals surface area contributed by atoms with E-state index in [-0.39, 0.29) is 27.5 Å². The molecule has 2 amide bonds. The summed E-state index contributed by atoms with van der Waals surface area (Å²) < 4.78 is 10.4. The molecule has 0 saturated heterocycles. The molecule has 0 fully saturated rings. The number of carbonyl (C=O) groups is 3. The maximum Gasteiger partial charge on any atom is 0.488 e. The van der Waals surface area contributed by atoms with Crippen molar-refractivity contribution < 1.29 is 43.9 Å². The van der Waals surface area contributed by atoms with E-state index >= 15 is 0 Å². The van der Waals surface area contributed by atoms with Crippen LogP contribution in [-0.4, -0.2) is 114 Å². The van der Waals surface area contributed by atoms with E-state index in [1.807, 2.05) is 144 Å². The Morgan fingerprint density at radius 2 is 0.892 bits per heavy atom. The molecule has 0 aliphatic carbocycles. The van der Waals surface area contributed by atoms with Crippen LogP contribution in [0.2, 0.25) is 0 Å². The van der Waals surface area contributed by atoms with Crippen molar-refractivity contribution in [1.82, 2.24) is 68.7 Å². The van der Waals surface area contributed by atoms with E-state index in [0.29, 0.717) is 65.5 Å². The normalized spacial score (nSPS) is 9.42. The van der Waals surface area contributed by atoms with Gasteiger partial charge < -0.3 is 47.7 Å². The average Bonchev–Trinajstić information content (AvgIpc) is 1.69. The predicted molar refractivity (Wildman–Crippen MR) is 493 cm³/mol. The molecule has 630 valence electrons. The minimum Gasteiger partial charge on any atom is -0.618 e. The number of pyridine rings is 7. The summed E-state index contributed by atoms with van der Waals surface area (Å²) in [5, 5.41) is 75.5. The van der Waals surface area contributed by atoms with Gasteiger partial charge in [-0.25, -0.2) is 33.3 Å². The molecule has 13 heterocycles. The average molecular weight is 2020 g/mol. The number of nitrogens with one attached hydrogen (secondary N) is 2. The highest BCUT2D eigenvalue weighted by molar-refractivity contribution is 9.11. The Balaban J connectivity index is 0.000000463. The number of hydrogen-bond donors (Lipinski definition) is 7. The van der Waals surface area contributed by atoms with Gasteiger partial charge in [0.2, 0.25) is 6.20 Å². The quantitative estimate of drug-likeness (QED) is 0.0244. The molecule has 31 nitrogen and oxygen atoms in total. The lowest BCUT2D eigenvalue weighted by molar-refractivity contribution is -0.613. The van der Waals surface area contributed by atoms with Crippen molar-refractivity contribution in [2.24, 2.45) is 0 Å². The number of nitrogen functional groups attached to an aromatic ring is 2. The van der Waals surface area contributed by atoms with Crippen LogP contribution in [0.4, 0.5) is 28.4 Å². The van der Waals surface area contributed by atoms with Gasteiger partial charge in [0.05, 0.1) is 58.8 Å². The number of carboxylic acid groups (broad SMARTS) is 1. The van der Waals surface area contributed by atoms with Gasteiger partial charge >= 0.3 is 13.1 Å². The van der Waals surface area contributed by atoms with Crippen molar-refractivity contribution in [2.75, 3.05) is 22.1 Å². The molecule has 120 heavy (non-hydrogen) atoms. The summed E-state index contributed by atoms with van der Waals surface area (Å²) in [5.41, 5.74) is 21.4. The fraction of sp³-hybridized carbons (Fsp3) is 0.171. The number of rotatable bonds is 8. The van der Waals surface area contributed by atoms with Crippen LogP contribution in [0.25, 0.3) is 28.1 Å². The van der Waals surface area contributed by atoms with Gasteiger partial charge in [0.25, 0.3) is 17.5 Å². The van der Waals surface area contributed by atoms with Crippen molar-refractivity contribution >= 4 is 171 Å². The largest absolute Gasteiger partial charge is 0.618 e. The summed E-state index contributed by atoms with van der Waals surface area (Å²) in [4.78, 5) is 77.4. The van der Waals surface area contributed by atoms with Crippen LogP contribution in [0.15, 0.2) is 278 Å². The highest BCUT2D eigenvalue weighted by Crippen LogP contribution is 2.28. The predicted octanol–water partition coefficient (Wildman–Crippen LogP) is 18.1. The van der Waals surface area contributed by atoms with E-state index in [2.05, 4.69) is 161 Å². The summed E-state index contributed by atoms with van der Waals surface area (Å²) in [6.45, 7) is 27.1. The first-order valence-electron chi connectivity index (χ1n) is 36.6. The molecule has 0 aliphatic rings. The number of nitrogens with two attached hydrogens (primary N) is 2. The number of aromatic carboxylic acids is 1. The number of anilines is 4. The number of fused-ring (bicyclic) bond motifs is 3. The Kier molecular flexibility index (Phi) is 50.6. The molecule has 38 heteroatoms. The van der Waals surface area contributed by atoms with Crippen molar-refractivity contribution in [1.29, 1.82) is 0 Å². The second kappa shape index (κ2) is 58.2. The van der Waals surface area contributed by atoms with E-state index < -0.39 is 18.0 Å². The number of carboxylic acids is 1. The molecule has 0 unspecified atom stereocenters. The minimum absolute atomic E-state index is 0.0976. The summed E-state index contributed by atoms with van der Waals surface area (Å²) in [7, 11) is -1.34. The van der Waals surface area contributed by atoms with Gasteiger partial charge in [0, 0.05) is 139 Å². The Bertz CT molecular complexity index is 5460. The number of hydrogen-bond acceptors (Lipinski definition) is 22. The Labute approximate surface area is 746 Å². The van der Waals surface area contributed by atoms with E-state index in [4.69, 9.17) is 26.6 Å². The third kappa shape index (κ3) is 35.8. The topological polar surface area (TPSA) is 440 Å². The second-order valence-corrected chi connectivity index (χ2v) is 27.1. The zero-order valence-electron chi connectivity index (χ0n) is 68.0. The number of carbonyl (C=O) groups excluding carboxylic acids is 2. The van der Waals surface area contributed by atoms with Crippen molar-refractivity contribution in [3.05, 3.63) is 338 Å². The van der Waals surface area contributed by atoms with E-state index in [9.17, 15) is 34.9 Å². The van der Waals surface area contributed by atoms with Gasteiger partial charge in [0.15, 0.2) is 39.0 Å². The van der Waals surface area contributed by atoms with Crippen molar-refractivity contribution in [2.45, 2.75) is 96.9 Å². The lowest BCUT2D eigenvalue weighted by atomic mass is 9.81. The van der Waals surface area contributed by atoms with Crippen LogP contribution in [0.1, 0.15) is 123 Å².